The molecule has 0 saturated carbocycles. The van der Waals surface area contributed by atoms with Gasteiger partial charge in [0.15, 0.2) is 6.10 Å². The molecule has 5 nitrogen and oxygen atoms in total. The first-order valence-corrected chi connectivity index (χ1v) is 7.45. The number of hydrogen-bond donors (Lipinski definition) is 2. The van der Waals surface area contributed by atoms with Crippen molar-refractivity contribution in [1.29, 1.82) is 0 Å². The summed E-state index contributed by atoms with van der Waals surface area (Å²) in [7, 11) is 0. The molecule has 0 fully saturated rings. The summed E-state index contributed by atoms with van der Waals surface area (Å²) >= 11 is 11.8. The third kappa shape index (κ3) is 4.61. The van der Waals surface area contributed by atoms with Crippen LogP contribution in [0.2, 0.25) is 10.0 Å². The van der Waals surface area contributed by atoms with Crippen LogP contribution in [0.1, 0.15) is 17.3 Å². The summed E-state index contributed by atoms with van der Waals surface area (Å²) in [6.07, 6.45) is -1.00. The molecular formula is C16H14Cl2N2O3. The summed E-state index contributed by atoms with van der Waals surface area (Å²) < 4.78 is 5.11. The van der Waals surface area contributed by atoms with Crippen LogP contribution in [0.25, 0.3) is 0 Å². The van der Waals surface area contributed by atoms with E-state index in [1.54, 1.807) is 24.3 Å². The second-order valence-corrected chi connectivity index (χ2v) is 5.63. The van der Waals surface area contributed by atoms with Gasteiger partial charge >= 0.3 is 5.97 Å². The Hall–Kier alpha value is -2.24. The maximum Gasteiger partial charge on any atom is 0.338 e. The average Bonchev–Trinajstić information content (AvgIpc) is 2.51. The molecule has 0 unspecified atom stereocenters. The van der Waals surface area contributed by atoms with E-state index in [9.17, 15) is 9.59 Å². The quantitative estimate of drug-likeness (QED) is 0.648. The minimum Gasteiger partial charge on any atom is -0.449 e. The summed E-state index contributed by atoms with van der Waals surface area (Å²) in [6, 6.07) is 10.9. The van der Waals surface area contributed by atoms with E-state index in [1.807, 2.05) is 0 Å². The average molecular weight is 353 g/mol. The van der Waals surface area contributed by atoms with Gasteiger partial charge in [0.05, 0.1) is 16.3 Å². The minimum absolute atomic E-state index is 0.305. The van der Waals surface area contributed by atoms with Gasteiger partial charge in [-0.3, -0.25) is 4.79 Å². The number of anilines is 2. The van der Waals surface area contributed by atoms with Crippen LogP contribution in [-0.2, 0) is 9.53 Å². The summed E-state index contributed by atoms with van der Waals surface area (Å²) in [4.78, 5) is 24.0. The van der Waals surface area contributed by atoms with Crippen LogP contribution in [0.4, 0.5) is 11.4 Å². The first kappa shape index (κ1) is 17.1. The van der Waals surface area contributed by atoms with Crippen molar-refractivity contribution in [3.05, 3.63) is 58.1 Å². The molecule has 2 aromatic carbocycles. The number of halogens is 2. The minimum atomic E-state index is -1.00. The topological polar surface area (TPSA) is 81.4 Å². The van der Waals surface area contributed by atoms with E-state index in [4.69, 9.17) is 33.7 Å². The third-order valence-corrected chi connectivity index (χ3v) is 3.55. The van der Waals surface area contributed by atoms with E-state index < -0.39 is 18.0 Å². The second kappa shape index (κ2) is 7.35. The molecule has 2 aromatic rings. The summed E-state index contributed by atoms with van der Waals surface area (Å²) in [5.74, 6) is -1.14. The highest BCUT2D eigenvalue weighted by Crippen LogP contribution is 2.25. The van der Waals surface area contributed by atoms with E-state index in [2.05, 4.69) is 5.32 Å². The van der Waals surface area contributed by atoms with Gasteiger partial charge in [-0.15, -0.1) is 0 Å². The zero-order valence-electron chi connectivity index (χ0n) is 12.2. The van der Waals surface area contributed by atoms with Gasteiger partial charge in [-0.2, -0.15) is 0 Å². The maximum atomic E-state index is 12.1. The van der Waals surface area contributed by atoms with Crippen LogP contribution in [-0.4, -0.2) is 18.0 Å². The highest BCUT2D eigenvalue weighted by Gasteiger charge is 2.19. The van der Waals surface area contributed by atoms with E-state index in [0.717, 1.165) is 0 Å². The Balaban J connectivity index is 2.01. The van der Waals surface area contributed by atoms with Gasteiger partial charge in [-0.1, -0.05) is 23.2 Å². The number of ether oxygens (including phenoxy) is 1. The van der Waals surface area contributed by atoms with Gasteiger partial charge in [-0.25, -0.2) is 4.79 Å². The predicted octanol–water partition coefficient (Wildman–Crippen LogP) is 3.76. The Kier molecular flexibility index (Phi) is 5.47. The molecule has 0 bridgehead atoms. The van der Waals surface area contributed by atoms with Crippen LogP contribution >= 0.6 is 23.2 Å². The molecule has 0 aliphatic heterocycles. The standard InChI is InChI=1S/C16H14Cl2N2O3/c1-9(23-16(22)10-2-5-12(19)6-3-10)15(21)20-14-8-11(17)4-7-13(14)18/h2-9H,19H2,1H3,(H,20,21)/t9-/m0/s1. The molecule has 1 atom stereocenters. The normalized spacial score (nSPS) is 11.6. The number of nitrogens with one attached hydrogen (secondary N) is 1. The fourth-order valence-electron chi connectivity index (χ4n) is 1.73. The molecule has 7 heteroatoms. The zero-order valence-corrected chi connectivity index (χ0v) is 13.7. The van der Waals surface area contributed by atoms with E-state index in [0.29, 0.717) is 27.0 Å². The highest BCUT2D eigenvalue weighted by molar-refractivity contribution is 6.35. The summed E-state index contributed by atoms with van der Waals surface area (Å²) in [6.45, 7) is 1.46. The number of benzene rings is 2. The SMILES string of the molecule is C[C@H](OC(=O)c1ccc(N)cc1)C(=O)Nc1cc(Cl)ccc1Cl. The molecule has 0 aliphatic carbocycles. The molecule has 0 heterocycles. The number of rotatable bonds is 4. The smallest absolute Gasteiger partial charge is 0.338 e. The number of amides is 1. The number of esters is 1. The van der Waals surface area contributed by atoms with Gasteiger partial charge in [0, 0.05) is 10.7 Å². The van der Waals surface area contributed by atoms with Crippen molar-refractivity contribution in [2.24, 2.45) is 0 Å². The van der Waals surface area contributed by atoms with Gasteiger partial charge in [0.25, 0.3) is 5.91 Å². The van der Waals surface area contributed by atoms with Crippen LogP contribution in [0.15, 0.2) is 42.5 Å². The van der Waals surface area contributed by atoms with Gasteiger partial charge in [0.2, 0.25) is 0 Å². The second-order valence-electron chi connectivity index (χ2n) is 4.78. The third-order valence-electron chi connectivity index (χ3n) is 2.99. The lowest BCUT2D eigenvalue weighted by Gasteiger charge is -2.14. The lowest BCUT2D eigenvalue weighted by atomic mass is 10.2. The first-order valence-electron chi connectivity index (χ1n) is 6.69. The van der Waals surface area contributed by atoms with Crippen molar-refractivity contribution in [2.45, 2.75) is 13.0 Å². The fourth-order valence-corrected chi connectivity index (χ4v) is 2.07. The number of carbonyl (C=O) groups is 2. The van der Waals surface area contributed by atoms with Crippen LogP contribution < -0.4 is 11.1 Å². The zero-order chi connectivity index (χ0) is 17.0. The maximum absolute atomic E-state index is 12.1. The van der Waals surface area contributed by atoms with E-state index in [-0.39, 0.29) is 0 Å². The molecule has 0 aromatic heterocycles. The Morgan fingerprint density at radius 1 is 1.13 bits per heavy atom. The molecule has 0 saturated heterocycles. The van der Waals surface area contributed by atoms with Gasteiger partial charge < -0.3 is 15.8 Å². The van der Waals surface area contributed by atoms with Crippen molar-refractivity contribution in [1.82, 2.24) is 0 Å². The van der Waals surface area contributed by atoms with Gasteiger partial charge in [-0.05, 0) is 49.4 Å². The Labute approximate surface area is 143 Å². The molecule has 23 heavy (non-hydrogen) atoms. The summed E-state index contributed by atoms with van der Waals surface area (Å²) in [5, 5.41) is 3.32. The molecular weight excluding hydrogens is 339 g/mol. The number of hydrogen-bond acceptors (Lipinski definition) is 4. The Morgan fingerprint density at radius 2 is 1.78 bits per heavy atom. The largest absolute Gasteiger partial charge is 0.449 e. The monoisotopic (exact) mass is 352 g/mol. The van der Waals surface area contributed by atoms with Gasteiger partial charge in [0.1, 0.15) is 0 Å². The lowest BCUT2D eigenvalue weighted by Crippen LogP contribution is -2.30. The van der Waals surface area contributed by atoms with Crippen molar-refractivity contribution in [3.8, 4) is 0 Å². The van der Waals surface area contributed by atoms with Crippen LogP contribution in [0.3, 0.4) is 0 Å². The fraction of sp³-hybridized carbons (Fsp3) is 0.125. The number of nitrogen functional groups attached to an aromatic ring is 1. The molecule has 3 N–H and O–H groups in total. The van der Waals surface area contributed by atoms with Crippen molar-refractivity contribution < 1.29 is 14.3 Å². The molecule has 0 radical (unpaired) electrons. The van der Waals surface area contributed by atoms with Crippen molar-refractivity contribution in [2.75, 3.05) is 11.1 Å². The Morgan fingerprint density at radius 3 is 2.43 bits per heavy atom. The van der Waals surface area contributed by atoms with Crippen LogP contribution in [0.5, 0.6) is 0 Å². The van der Waals surface area contributed by atoms with E-state index >= 15 is 0 Å². The lowest BCUT2D eigenvalue weighted by molar-refractivity contribution is -0.123. The molecule has 0 spiro atoms. The molecule has 0 aliphatic rings. The molecule has 2 rings (SSSR count). The summed E-state index contributed by atoms with van der Waals surface area (Å²) in [5.41, 5.74) is 6.73. The highest BCUT2D eigenvalue weighted by atomic mass is 35.5. The van der Waals surface area contributed by atoms with Crippen molar-refractivity contribution >= 4 is 46.5 Å². The number of carbonyl (C=O) groups excluding carboxylic acids is 2. The Bertz CT molecular complexity index is 733. The predicted molar refractivity (Wildman–Crippen MR) is 90.8 cm³/mol. The molecule has 120 valence electrons. The van der Waals surface area contributed by atoms with Crippen LogP contribution in [0, 0.1) is 0 Å². The first-order chi connectivity index (χ1) is 10.9. The van der Waals surface area contributed by atoms with E-state index in [1.165, 1.54) is 25.1 Å². The molecule has 1 amide bonds. The number of nitrogens with two attached hydrogens (primary N) is 1. The van der Waals surface area contributed by atoms with Crippen molar-refractivity contribution in [3.63, 3.8) is 0 Å².